The Kier molecular flexibility index (Phi) is 5.36. The summed E-state index contributed by atoms with van der Waals surface area (Å²) in [5, 5.41) is 3.12. The van der Waals surface area contributed by atoms with Crippen molar-refractivity contribution in [1.82, 2.24) is 19.9 Å². The molecule has 0 saturated heterocycles. The molecule has 3 aromatic rings. The number of alkyl halides is 5. The normalized spacial score (nSPS) is 12.1. The summed E-state index contributed by atoms with van der Waals surface area (Å²) in [4.78, 5) is 13.5. The number of aromatic nitrogens is 4. The van der Waals surface area contributed by atoms with Crippen LogP contribution >= 0.6 is 12.4 Å². The van der Waals surface area contributed by atoms with Gasteiger partial charge in [-0.15, -0.1) is 12.4 Å². The van der Waals surface area contributed by atoms with Crippen molar-refractivity contribution in [2.75, 3.05) is 5.32 Å². The molecule has 0 unspecified atom stereocenters. The largest absolute Gasteiger partial charge is 0.431 e. The fourth-order valence-corrected chi connectivity index (χ4v) is 2.20. The van der Waals surface area contributed by atoms with Gasteiger partial charge in [-0.1, -0.05) is 0 Å². The van der Waals surface area contributed by atoms with Gasteiger partial charge in [0.2, 0.25) is 0 Å². The Morgan fingerprint density at radius 1 is 1.04 bits per heavy atom. The molecule has 5 nitrogen and oxygen atoms in total. The van der Waals surface area contributed by atoms with Crippen LogP contribution in [0.5, 0.6) is 0 Å². The van der Waals surface area contributed by atoms with E-state index in [0.717, 1.165) is 25.4 Å². The van der Waals surface area contributed by atoms with Gasteiger partial charge < -0.3 is 10.3 Å². The molecular weight excluding hydrogens is 381 g/mol. The first kappa shape index (κ1) is 19.8. The van der Waals surface area contributed by atoms with E-state index >= 15 is 0 Å². The average molecular weight is 394 g/mol. The maximum Gasteiger partial charge on any atom is 0.431 e. The van der Waals surface area contributed by atoms with E-state index in [1.54, 1.807) is 0 Å². The van der Waals surface area contributed by atoms with E-state index in [9.17, 15) is 22.0 Å². The zero-order chi connectivity index (χ0) is 18.2. The number of hydrogen-bond donors (Lipinski definition) is 2. The van der Waals surface area contributed by atoms with Gasteiger partial charge in [-0.25, -0.2) is 15.0 Å². The van der Waals surface area contributed by atoms with Gasteiger partial charge in [0.05, 0.1) is 0 Å². The molecule has 2 N–H and O–H groups in total. The first-order chi connectivity index (χ1) is 11.6. The maximum absolute atomic E-state index is 13.2. The van der Waals surface area contributed by atoms with Crippen LogP contribution in [-0.2, 0) is 18.6 Å². The summed E-state index contributed by atoms with van der Waals surface area (Å²) in [7, 11) is 0. The fourth-order valence-electron chi connectivity index (χ4n) is 2.20. The van der Waals surface area contributed by atoms with Crippen molar-refractivity contribution in [2.45, 2.75) is 25.6 Å². The summed E-state index contributed by atoms with van der Waals surface area (Å²) in [5.74, 6) is -2.92. The molecule has 0 saturated carbocycles. The standard InChI is InChI=1S/C15H12F5N5.ClH/c1-14(16,17)10-4-12(24-7-23-10)21-5-8-2-9-3-11(15(18,19)20)25-13(9)22-6-8;/h2-4,6-7H,5H2,1H3,(H,22,25)(H,21,23,24);1H. The summed E-state index contributed by atoms with van der Waals surface area (Å²) in [6.45, 7) is 0.877. The molecule has 3 rings (SSSR count). The Balaban J connectivity index is 0.00000243. The SMILES string of the molecule is CC(F)(F)c1cc(NCc2cnc3[nH]c(C(F)(F)F)cc3c2)ncn1.Cl. The molecule has 0 aromatic carbocycles. The Morgan fingerprint density at radius 3 is 2.42 bits per heavy atom. The minimum atomic E-state index is -4.48. The van der Waals surface area contributed by atoms with Gasteiger partial charge in [0.25, 0.3) is 5.92 Å². The van der Waals surface area contributed by atoms with Gasteiger partial charge in [-0.3, -0.25) is 0 Å². The van der Waals surface area contributed by atoms with Crippen molar-refractivity contribution in [3.05, 3.63) is 47.7 Å². The predicted octanol–water partition coefficient (Wildman–Crippen LogP) is 4.52. The number of anilines is 1. The van der Waals surface area contributed by atoms with Gasteiger partial charge in [0.15, 0.2) is 0 Å². The molecule has 0 bridgehead atoms. The second-order valence-electron chi connectivity index (χ2n) is 5.49. The van der Waals surface area contributed by atoms with Crippen LogP contribution in [0.2, 0.25) is 0 Å². The van der Waals surface area contributed by atoms with Crippen molar-refractivity contribution >= 4 is 29.3 Å². The van der Waals surface area contributed by atoms with Crippen LogP contribution in [0.4, 0.5) is 27.8 Å². The molecule has 0 atom stereocenters. The molecule has 3 heterocycles. The first-order valence-electron chi connectivity index (χ1n) is 7.12. The number of aromatic amines is 1. The van der Waals surface area contributed by atoms with Gasteiger partial charge in [-0.05, 0) is 17.7 Å². The third-order valence-electron chi connectivity index (χ3n) is 3.42. The zero-order valence-corrected chi connectivity index (χ0v) is 14.1. The molecule has 3 aromatic heterocycles. The average Bonchev–Trinajstić information content (AvgIpc) is 2.96. The van der Waals surface area contributed by atoms with Crippen LogP contribution in [0.25, 0.3) is 11.0 Å². The summed E-state index contributed by atoms with van der Waals surface area (Å²) in [6.07, 6.45) is -2.08. The van der Waals surface area contributed by atoms with Crippen LogP contribution in [0.3, 0.4) is 0 Å². The molecular formula is C15H13ClF5N5. The third kappa shape index (κ3) is 4.37. The topological polar surface area (TPSA) is 66.5 Å². The highest BCUT2D eigenvalue weighted by molar-refractivity contribution is 5.85. The quantitative estimate of drug-likeness (QED) is 0.640. The van der Waals surface area contributed by atoms with Crippen LogP contribution in [0, 0.1) is 0 Å². The maximum atomic E-state index is 13.2. The van der Waals surface area contributed by atoms with Crippen LogP contribution in [0.1, 0.15) is 23.9 Å². The molecule has 0 radical (unpaired) electrons. The summed E-state index contributed by atoms with van der Waals surface area (Å²) >= 11 is 0. The number of nitrogens with one attached hydrogen (secondary N) is 2. The number of fused-ring (bicyclic) bond motifs is 1. The van der Waals surface area contributed by atoms with Crippen molar-refractivity contribution in [3.8, 4) is 0 Å². The smallest absolute Gasteiger partial charge is 0.366 e. The number of hydrogen-bond acceptors (Lipinski definition) is 4. The lowest BCUT2D eigenvalue weighted by Crippen LogP contribution is -2.11. The molecule has 26 heavy (non-hydrogen) atoms. The molecule has 0 amide bonds. The van der Waals surface area contributed by atoms with Gasteiger partial charge in [-0.2, -0.15) is 22.0 Å². The second kappa shape index (κ2) is 7.02. The van der Waals surface area contributed by atoms with Crippen molar-refractivity contribution in [3.63, 3.8) is 0 Å². The molecule has 0 aliphatic rings. The number of rotatable bonds is 4. The van der Waals surface area contributed by atoms with E-state index in [-0.39, 0.29) is 30.4 Å². The Morgan fingerprint density at radius 2 is 1.77 bits per heavy atom. The van der Waals surface area contributed by atoms with E-state index in [4.69, 9.17) is 0 Å². The second-order valence-corrected chi connectivity index (χ2v) is 5.49. The summed E-state index contributed by atoms with van der Waals surface area (Å²) in [5.41, 5.74) is -0.626. The third-order valence-corrected chi connectivity index (χ3v) is 3.42. The molecule has 0 aliphatic carbocycles. The van der Waals surface area contributed by atoms with E-state index in [2.05, 4.69) is 25.3 Å². The molecule has 0 aliphatic heterocycles. The number of H-pyrrole nitrogens is 1. The van der Waals surface area contributed by atoms with E-state index in [1.807, 2.05) is 0 Å². The van der Waals surface area contributed by atoms with Crippen LogP contribution in [0.15, 0.2) is 30.7 Å². The summed E-state index contributed by atoms with van der Waals surface area (Å²) in [6, 6.07) is 3.61. The molecule has 140 valence electrons. The van der Waals surface area contributed by atoms with Crippen molar-refractivity contribution < 1.29 is 22.0 Å². The molecule has 0 spiro atoms. The van der Waals surface area contributed by atoms with Crippen molar-refractivity contribution in [2.24, 2.45) is 0 Å². The number of halogens is 6. The lowest BCUT2D eigenvalue weighted by Gasteiger charge is -2.11. The predicted molar refractivity (Wildman–Crippen MR) is 87.3 cm³/mol. The zero-order valence-electron chi connectivity index (χ0n) is 13.2. The minimum Gasteiger partial charge on any atom is -0.366 e. The Hall–Kier alpha value is -2.49. The van der Waals surface area contributed by atoms with E-state index in [1.165, 1.54) is 12.3 Å². The highest BCUT2D eigenvalue weighted by atomic mass is 35.5. The molecule has 11 heteroatoms. The highest BCUT2D eigenvalue weighted by Crippen LogP contribution is 2.31. The molecule has 0 fully saturated rings. The lowest BCUT2D eigenvalue weighted by atomic mass is 10.2. The van der Waals surface area contributed by atoms with Crippen LogP contribution < -0.4 is 5.32 Å². The number of pyridine rings is 1. The van der Waals surface area contributed by atoms with E-state index in [0.29, 0.717) is 10.9 Å². The van der Waals surface area contributed by atoms with Crippen LogP contribution in [-0.4, -0.2) is 19.9 Å². The first-order valence-corrected chi connectivity index (χ1v) is 7.12. The summed E-state index contributed by atoms with van der Waals surface area (Å²) < 4.78 is 64.5. The highest BCUT2D eigenvalue weighted by Gasteiger charge is 2.32. The van der Waals surface area contributed by atoms with Gasteiger partial charge in [0.1, 0.15) is 29.2 Å². The van der Waals surface area contributed by atoms with Crippen molar-refractivity contribution in [1.29, 1.82) is 0 Å². The monoisotopic (exact) mass is 393 g/mol. The Bertz CT molecular complexity index is 903. The Labute approximate surface area is 150 Å². The number of nitrogens with zero attached hydrogens (tertiary/aromatic N) is 3. The lowest BCUT2D eigenvalue weighted by molar-refractivity contribution is -0.140. The van der Waals surface area contributed by atoms with Gasteiger partial charge in [0, 0.05) is 31.1 Å². The van der Waals surface area contributed by atoms with Gasteiger partial charge >= 0.3 is 6.18 Å². The fraction of sp³-hybridized carbons (Fsp3) is 0.267. The minimum absolute atomic E-state index is 0. The van der Waals surface area contributed by atoms with E-state index < -0.39 is 23.5 Å².